The zero-order chi connectivity index (χ0) is 17.9. The number of hydrogen-bond acceptors (Lipinski definition) is 3. The van der Waals surface area contributed by atoms with Gasteiger partial charge in [0, 0.05) is 56.6 Å². The van der Waals surface area contributed by atoms with Crippen molar-refractivity contribution in [3.05, 3.63) is 28.7 Å². The molecule has 0 bridgehead atoms. The van der Waals surface area contributed by atoms with Crippen molar-refractivity contribution in [1.29, 1.82) is 0 Å². The summed E-state index contributed by atoms with van der Waals surface area (Å²) in [6, 6.07) is 8.59. The van der Waals surface area contributed by atoms with Gasteiger partial charge in [0.25, 0.3) is 0 Å². The lowest BCUT2D eigenvalue weighted by Crippen LogP contribution is -2.40. The molecule has 1 aromatic carbocycles. The maximum absolute atomic E-state index is 5.35. The molecule has 5 nitrogen and oxygen atoms in total. The quantitative estimate of drug-likeness (QED) is 0.372. The van der Waals surface area contributed by atoms with Gasteiger partial charge in [-0.25, -0.2) is 0 Å². The van der Waals surface area contributed by atoms with Gasteiger partial charge < -0.3 is 20.3 Å². The summed E-state index contributed by atoms with van der Waals surface area (Å²) in [7, 11) is 1.83. The SMILES string of the molecule is CCOCCCCNC(=NC)NCC1CCN(c2ccc(Br)cc2)C1. The maximum atomic E-state index is 5.35. The summed E-state index contributed by atoms with van der Waals surface area (Å²) in [6.07, 6.45) is 3.40. The minimum Gasteiger partial charge on any atom is -0.382 e. The number of hydrogen-bond donors (Lipinski definition) is 2. The van der Waals surface area contributed by atoms with Crippen LogP contribution < -0.4 is 15.5 Å². The van der Waals surface area contributed by atoms with E-state index in [9.17, 15) is 0 Å². The number of guanidine groups is 1. The van der Waals surface area contributed by atoms with E-state index in [4.69, 9.17) is 4.74 Å². The van der Waals surface area contributed by atoms with Crippen molar-refractivity contribution < 1.29 is 4.74 Å². The van der Waals surface area contributed by atoms with Gasteiger partial charge in [-0.3, -0.25) is 4.99 Å². The van der Waals surface area contributed by atoms with E-state index < -0.39 is 0 Å². The third kappa shape index (κ3) is 7.24. The van der Waals surface area contributed by atoms with E-state index in [-0.39, 0.29) is 0 Å². The third-order valence-corrected chi connectivity index (χ3v) is 5.00. The van der Waals surface area contributed by atoms with Crippen LogP contribution >= 0.6 is 15.9 Å². The minimum absolute atomic E-state index is 0.653. The molecule has 2 N–H and O–H groups in total. The molecule has 0 radical (unpaired) electrons. The highest BCUT2D eigenvalue weighted by Crippen LogP contribution is 2.24. The van der Waals surface area contributed by atoms with Gasteiger partial charge in [0.15, 0.2) is 5.96 Å². The highest BCUT2D eigenvalue weighted by Gasteiger charge is 2.22. The van der Waals surface area contributed by atoms with Crippen molar-refractivity contribution in [2.24, 2.45) is 10.9 Å². The summed E-state index contributed by atoms with van der Waals surface area (Å²) in [5.41, 5.74) is 1.31. The zero-order valence-electron chi connectivity index (χ0n) is 15.4. The van der Waals surface area contributed by atoms with Crippen LogP contribution in [-0.2, 0) is 4.74 Å². The van der Waals surface area contributed by atoms with Crippen LogP contribution in [0.2, 0.25) is 0 Å². The van der Waals surface area contributed by atoms with Crippen LogP contribution in [0.15, 0.2) is 33.7 Å². The monoisotopic (exact) mass is 410 g/mol. The number of halogens is 1. The van der Waals surface area contributed by atoms with E-state index >= 15 is 0 Å². The van der Waals surface area contributed by atoms with Crippen LogP contribution in [0.25, 0.3) is 0 Å². The average molecular weight is 411 g/mol. The van der Waals surface area contributed by atoms with E-state index in [0.29, 0.717) is 5.92 Å². The topological polar surface area (TPSA) is 48.9 Å². The predicted octanol–water partition coefficient (Wildman–Crippen LogP) is 3.26. The summed E-state index contributed by atoms with van der Waals surface area (Å²) in [6.45, 7) is 7.80. The molecule has 1 fully saturated rings. The maximum Gasteiger partial charge on any atom is 0.190 e. The summed E-state index contributed by atoms with van der Waals surface area (Å²) >= 11 is 3.50. The number of rotatable bonds is 9. The molecule has 140 valence electrons. The van der Waals surface area contributed by atoms with E-state index in [1.807, 2.05) is 14.0 Å². The number of nitrogens with zero attached hydrogens (tertiary/aromatic N) is 2. The first-order valence-corrected chi connectivity index (χ1v) is 10.0. The summed E-state index contributed by atoms with van der Waals surface area (Å²) in [5, 5.41) is 6.85. The molecule has 0 amide bonds. The normalized spacial score (nSPS) is 17.8. The second-order valence-electron chi connectivity index (χ2n) is 6.36. The number of aliphatic imine (C=N–C) groups is 1. The van der Waals surface area contributed by atoms with E-state index in [0.717, 1.165) is 62.7 Å². The first kappa shape index (κ1) is 20.0. The standard InChI is InChI=1S/C19H31BrN4O/c1-3-25-13-5-4-11-22-19(21-2)23-14-16-10-12-24(15-16)18-8-6-17(20)7-9-18/h6-9,16H,3-5,10-15H2,1-2H3,(H2,21,22,23). The molecule has 1 aliphatic rings. The van der Waals surface area contributed by atoms with Gasteiger partial charge in [0.05, 0.1) is 0 Å². The highest BCUT2D eigenvalue weighted by atomic mass is 79.9. The molecule has 6 heteroatoms. The number of ether oxygens (including phenoxy) is 1. The van der Waals surface area contributed by atoms with Crippen molar-refractivity contribution >= 4 is 27.6 Å². The molecule has 0 aromatic heterocycles. The van der Waals surface area contributed by atoms with Gasteiger partial charge >= 0.3 is 0 Å². The zero-order valence-corrected chi connectivity index (χ0v) is 17.0. The van der Waals surface area contributed by atoms with Crippen LogP contribution in [0, 0.1) is 5.92 Å². The molecule has 2 rings (SSSR count). The molecule has 1 aliphatic heterocycles. The van der Waals surface area contributed by atoms with Crippen LogP contribution in [0.3, 0.4) is 0 Å². The van der Waals surface area contributed by atoms with Crippen molar-refractivity contribution in [2.75, 3.05) is 51.3 Å². The second kappa shape index (κ2) is 11.4. The Morgan fingerprint density at radius 1 is 1.28 bits per heavy atom. The van der Waals surface area contributed by atoms with Crippen LogP contribution in [0.4, 0.5) is 5.69 Å². The minimum atomic E-state index is 0.653. The van der Waals surface area contributed by atoms with Crippen LogP contribution in [0.1, 0.15) is 26.2 Å². The Morgan fingerprint density at radius 3 is 2.80 bits per heavy atom. The number of unbranched alkanes of at least 4 members (excludes halogenated alkanes) is 1. The van der Waals surface area contributed by atoms with Gasteiger partial charge in [0.2, 0.25) is 0 Å². The smallest absolute Gasteiger partial charge is 0.190 e. The van der Waals surface area contributed by atoms with Crippen LogP contribution in [-0.4, -0.2) is 52.4 Å². The lowest BCUT2D eigenvalue weighted by molar-refractivity contribution is 0.143. The van der Waals surface area contributed by atoms with E-state index in [1.54, 1.807) is 0 Å². The first-order valence-electron chi connectivity index (χ1n) is 9.25. The lowest BCUT2D eigenvalue weighted by atomic mass is 10.1. The van der Waals surface area contributed by atoms with Gasteiger partial charge in [-0.1, -0.05) is 15.9 Å². The van der Waals surface area contributed by atoms with Gasteiger partial charge in [0.1, 0.15) is 0 Å². The Morgan fingerprint density at radius 2 is 2.08 bits per heavy atom. The molecule has 0 spiro atoms. The predicted molar refractivity (Wildman–Crippen MR) is 110 cm³/mol. The Labute approximate surface area is 160 Å². The highest BCUT2D eigenvalue weighted by molar-refractivity contribution is 9.10. The van der Waals surface area contributed by atoms with Crippen molar-refractivity contribution in [3.8, 4) is 0 Å². The fourth-order valence-corrected chi connectivity index (χ4v) is 3.29. The van der Waals surface area contributed by atoms with Crippen molar-refractivity contribution in [2.45, 2.75) is 26.2 Å². The fourth-order valence-electron chi connectivity index (χ4n) is 3.03. The molecule has 1 saturated heterocycles. The summed E-state index contributed by atoms with van der Waals surface area (Å²) in [5.74, 6) is 1.55. The molecule has 25 heavy (non-hydrogen) atoms. The molecule has 1 atom stereocenters. The summed E-state index contributed by atoms with van der Waals surface area (Å²) in [4.78, 5) is 6.78. The number of benzene rings is 1. The Kier molecular flexibility index (Phi) is 9.11. The molecule has 1 unspecified atom stereocenters. The molecule has 0 aliphatic carbocycles. The fraction of sp³-hybridized carbons (Fsp3) is 0.632. The van der Waals surface area contributed by atoms with Gasteiger partial charge in [-0.15, -0.1) is 0 Å². The van der Waals surface area contributed by atoms with Crippen LogP contribution in [0.5, 0.6) is 0 Å². The van der Waals surface area contributed by atoms with E-state index in [2.05, 4.69) is 60.7 Å². The summed E-state index contributed by atoms with van der Waals surface area (Å²) < 4.78 is 6.48. The molecule has 0 saturated carbocycles. The first-order chi connectivity index (χ1) is 12.2. The Balaban J connectivity index is 1.64. The molecule has 1 aromatic rings. The molecular formula is C19H31BrN4O. The largest absolute Gasteiger partial charge is 0.382 e. The van der Waals surface area contributed by atoms with E-state index in [1.165, 1.54) is 12.1 Å². The molecular weight excluding hydrogens is 380 g/mol. The Bertz CT molecular complexity index is 521. The average Bonchev–Trinajstić information content (AvgIpc) is 3.10. The number of anilines is 1. The second-order valence-corrected chi connectivity index (χ2v) is 7.28. The van der Waals surface area contributed by atoms with Crippen molar-refractivity contribution in [3.63, 3.8) is 0 Å². The van der Waals surface area contributed by atoms with Crippen molar-refractivity contribution in [1.82, 2.24) is 10.6 Å². The third-order valence-electron chi connectivity index (χ3n) is 4.47. The van der Waals surface area contributed by atoms with Gasteiger partial charge in [-0.05, 0) is 56.4 Å². The Hall–Kier alpha value is -1.27. The lowest BCUT2D eigenvalue weighted by Gasteiger charge is -2.19. The number of nitrogens with one attached hydrogen (secondary N) is 2. The molecule has 1 heterocycles. The van der Waals surface area contributed by atoms with Gasteiger partial charge in [-0.2, -0.15) is 0 Å².